The smallest absolute Gasteiger partial charge is 0.254 e. The summed E-state index contributed by atoms with van der Waals surface area (Å²) in [5.74, 6) is 2.45. The van der Waals surface area contributed by atoms with Crippen LogP contribution in [0.1, 0.15) is 10.4 Å². The van der Waals surface area contributed by atoms with Gasteiger partial charge in [-0.1, -0.05) is 6.07 Å². The highest BCUT2D eigenvalue weighted by Gasteiger charge is 2.26. The molecule has 0 unspecified atom stereocenters. The molecule has 2 aromatic carbocycles. The molecule has 0 atom stereocenters. The largest absolute Gasteiger partial charge is 0.497 e. The summed E-state index contributed by atoms with van der Waals surface area (Å²) >= 11 is 0. The molecule has 0 saturated carbocycles. The van der Waals surface area contributed by atoms with Crippen molar-refractivity contribution in [1.29, 1.82) is 0 Å². The first-order valence-corrected chi connectivity index (χ1v) is 9.35. The van der Waals surface area contributed by atoms with Crippen molar-refractivity contribution in [2.75, 3.05) is 58.5 Å². The average Bonchev–Trinajstić information content (AvgIpc) is 2.78. The van der Waals surface area contributed by atoms with E-state index in [4.69, 9.17) is 18.9 Å². The van der Waals surface area contributed by atoms with E-state index in [0.717, 1.165) is 24.5 Å². The van der Waals surface area contributed by atoms with Crippen LogP contribution in [0.25, 0.3) is 0 Å². The van der Waals surface area contributed by atoms with Gasteiger partial charge in [0.05, 0.1) is 14.2 Å². The number of nitrogens with zero attached hydrogens (tertiary/aromatic N) is 2. The molecule has 0 spiro atoms. The number of methoxy groups -OCH3 is 2. The topological polar surface area (TPSA) is 60.5 Å². The average molecular weight is 384 g/mol. The summed E-state index contributed by atoms with van der Waals surface area (Å²) in [5.41, 5.74) is 1.66. The number of fused-ring (bicyclic) bond motifs is 1. The summed E-state index contributed by atoms with van der Waals surface area (Å²) in [4.78, 5) is 17.2. The Labute approximate surface area is 164 Å². The van der Waals surface area contributed by atoms with Crippen LogP contribution in [0, 0.1) is 0 Å². The first kappa shape index (κ1) is 18.3. The van der Waals surface area contributed by atoms with E-state index in [1.165, 1.54) is 0 Å². The van der Waals surface area contributed by atoms with Crippen LogP contribution in [0.5, 0.6) is 23.0 Å². The van der Waals surface area contributed by atoms with E-state index in [0.29, 0.717) is 49.1 Å². The molecule has 4 rings (SSSR count). The van der Waals surface area contributed by atoms with Crippen LogP contribution in [0.2, 0.25) is 0 Å². The van der Waals surface area contributed by atoms with E-state index in [2.05, 4.69) is 11.0 Å². The summed E-state index contributed by atoms with van der Waals surface area (Å²) in [6, 6.07) is 11.5. The van der Waals surface area contributed by atoms with Crippen molar-refractivity contribution in [2.45, 2.75) is 0 Å². The van der Waals surface area contributed by atoms with E-state index < -0.39 is 0 Å². The zero-order valence-electron chi connectivity index (χ0n) is 16.1. The summed E-state index contributed by atoms with van der Waals surface area (Å²) in [6.07, 6.45) is 0. The van der Waals surface area contributed by atoms with Gasteiger partial charge in [0.1, 0.15) is 19.0 Å². The fraction of sp³-hybridized carbons (Fsp3) is 0.381. The summed E-state index contributed by atoms with van der Waals surface area (Å²) in [5, 5.41) is 0. The van der Waals surface area contributed by atoms with Gasteiger partial charge in [-0.2, -0.15) is 0 Å². The first-order valence-electron chi connectivity index (χ1n) is 9.35. The summed E-state index contributed by atoms with van der Waals surface area (Å²) in [7, 11) is 3.23. The van der Waals surface area contributed by atoms with Crippen molar-refractivity contribution in [1.82, 2.24) is 4.90 Å². The minimum atomic E-state index is -0.0273. The maximum Gasteiger partial charge on any atom is 0.254 e. The normalized spacial score (nSPS) is 15.9. The Hall–Kier alpha value is -3.09. The van der Waals surface area contributed by atoms with Gasteiger partial charge in [-0.05, 0) is 24.3 Å². The lowest BCUT2D eigenvalue weighted by atomic mass is 10.1. The first-order chi connectivity index (χ1) is 13.7. The zero-order chi connectivity index (χ0) is 19.5. The third-order valence-corrected chi connectivity index (χ3v) is 5.06. The second-order valence-corrected chi connectivity index (χ2v) is 6.68. The Balaban J connectivity index is 1.47. The van der Waals surface area contributed by atoms with Crippen LogP contribution >= 0.6 is 0 Å². The van der Waals surface area contributed by atoms with Crippen LogP contribution in [0.4, 0.5) is 5.69 Å². The highest BCUT2D eigenvalue weighted by atomic mass is 16.6. The molecule has 0 bridgehead atoms. The molecule has 0 N–H and O–H groups in total. The number of carbonyl (C=O) groups excluding carboxylic acids is 1. The van der Waals surface area contributed by atoms with Gasteiger partial charge in [0, 0.05) is 43.5 Å². The van der Waals surface area contributed by atoms with Gasteiger partial charge in [0.15, 0.2) is 11.5 Å². The molecule has 1 fully saturated rings. The molecule has 2 aliphatic heterocycles. The SMILES string of the molecule is COc1cccc(N2CCN(C(=O)c3cc(OC)c4c(c3)OCCO4)CC2)c1. The Bertz CT molecular complexity index is 845. The summed E-state index contributed by atoms with van der Waals surface area (Å²) < 4.78 is 22.0. The van der Waals surface area contributed by atoms with Gasteiger partial charge in [-0.3, -0.25) is 4.79 Å². The Morgan fingerprint density at radius 2 is 1.75 bits per heavy atom. The number of piperazine rings is 1. The minimum absolute atomic E-state index is 0.0273. The molecule has 0 radical (unpaired) electrons. The Morgan fingerprint density at radius 3 is 2.50 bits per heavy atom. The molecule has 0 aromatic heterocycles. The fourth-order valence-electron chi connectivity index (χ4n) is 3.55. The molecule has 1 saturated heterocycles. The fourth-order valence-corrected chi connectivity index (χ4v) is 3.55. The van der Waals surface area contributed by atoms with Gasteiger partial charge in [0.2, 0.25) is 5.75 Å². The molecule has 28 heavy (non-hydrogen) atoms. The van der Waals surface area contributed by atoms with E-state index in [1.807, 2.05) is 23.1 Å². The molecule has 148 valence electrons. The second-order valence-electron chi connectivity index (χ2n) is 6.68. The third kappa shape index (κ3) is 3.52. The van der Waals surface area contributed by atoms with Gasteiger partial charge in [-0.15, -0.1) is 0 Å². The summed E-state index contributed by atoms with van der Waals surface area (Å²) in [6.45, 7) is 3.76. The van der Waals surface area contributed by atoms with Gasteiger partial charge < -0.3 is 28.7 Å². The number of hydrogen-bond acceptors (Lipinski definition) is 6. The van der Waals surface area contributed by atoms with Crippen molar-refractivity contribution in [3.05, 3.63) is 42.0 Å². The van der Waals surface area contributed by atoms with Crippen LogP contribution < -0.4 is 23.8 Å². The number of carbonyl (C=O) groups is 1. The van der Waals surface area contributed by atoms with Crippen molar-refractivity contribution in [3.63, 3.8) is 0 Å². The molecular formula is C21H24N2O5. The number of hydrogen-bond donors (Lipinski definition) is 0. The maximum atomic E-state index is 13.0. The van der Waals surface area contributed by atoms with Crippen molar-refractivity contribution < 1.29 is 23.7 Å². The lowest BCUT2D eigenvalue weighted by molar-refractivity contribution is 0.0745. The van der Waals surface area contributed by atoms with E-state index >= 15 is 0 Å². The monoisotopic (exact) mass is 384 g/mol. The van der Waals surface area contributed by atoms with Crippen LogP contribution in [0.15, 0.2) is 36.4 Å². The quantitative estimate of drug-likeness (QED) is 0.807. The van der Waals surface area contributed by atoms with E-state index in [9.17, 15) is 4.79 Å². The highest BCUT2D eigenvalue weighted by molar-refractivity contribution is 5.96. The third-order valence-electron chi connectivity index (χ3n) is 5.06. The van der Waals surface area contributed by atoms with Crippen LogP contribution in [-0.4, -0.2) is 64.4 Å². The molecule has 7 nitrogen and oxygen atoms in total. The number of rotatable bonds is 4. The van der Waals surface area contributed by atoms with Crippen molar-refractivity contribution in [2.24, 2.45) is 0 Å². The zero-order valence-corrected chi connectivity index (χ0v) is 16.1. The number of benzene rings is 2. The van der Waals surface area contributed by atoms with Crippen molar-refractivity contribution in [3.8, 4) is 23.0 Å². The highest BCUT2D eigenvalue weighted by Crippen LogP contribution is 2.40. The molecule has 0 aliphatic carbocycles. The molecule has 7 heteroatoms. The van der Waals surface area contributed by atoms with E-state index in [1.54, 1.807) is 26.4 Å². The molecule has 1 amide bonds. The number of amides is 1. The maximum absolute atomic E-state index is 13.0. The van der Waals surface area contributed by atoms with Crippen LogP contribution in [0.3, 0.4) is 0 Å². The Morgan fingerprint density at radius 1 is 0.964 bits per heavy atom. The molecular weight excluding hydrogens is 360 g/mol. The van der Waals surface area contributed by atoms with Gasteiger partial charge in [-0.25, -0.2) is 0 Å². The lowest BCUT2D eigenvalue weighted by Crippen LogP contribution is -2.48. The standard InChI is InChI=1S/C21H24N2O5/c1-25-17-5-3-4-16(14-17)22-6-8-23(9-7-22)21(24)15-12-18(26-2)20-19(13-15)27-10-11-28-20/h3-5,12-14H,6-11H2,1-2H3. The molecule has 2 aromatic rings. The predicted octanol–water partition coefficient (Wildman–Crippen LogP) is 2.44. The van der Waals surface area contributed by atoms with Crippen LogP contribution in [-0.2, 0) is 0 Å². The van der Waals surface area contributed by atoms with Gasteiger partial charge >= 0.3 is 0 Å². The second kappa shape index (κ2) is 7.88. The minimum Gasteiger partial charge on any atom is -0.497 e. The Kier molecular flexibility index (Phi) is 5.14. The van der Waals surface area contributed by atoms with Crippen molar-refractivity contribution >= 4 is 11.6 Å². The van der Waals surface area contributed by atoms with E-state index in [-0.39, 0.29) is 5.91 Å². The number of ether oxygens (including phenoxy) is 4. The molecule has 2 heterocycles. The number of anilines is 1. The lowest BCUT2D eigenvalue weighted by Gasteiger charge is -2.36. The predicted molar refractivity (Wildman–Crippen MR) is 105 cm³/mol. The van der Waals surface area contributed by atoms with Gasteiger partial charge in [0.25, 0.3) is 5.91 Å². The molecule has 2 aliphatic rings.